The number of ether oxygens (including phenoxy) is 2. The number of carbonyl (C=O) groups excluding carboxylic acids is 1. The quantitative estimate of drug-likeness (QED) is 0.836. The molecule has 0 bridgehead atoms. The molecule has 0 aliphatic carbocycles. The lowest BCUT2D eigenvalue weighted by Crippen LogP contribution is -2.50. The summed E-state index contributed by atoms with van der Waals surface area (Å²) in [5.74, 6) is 0.618. The van der Waals surface area contributed by atoms with Gasteiger partial charge in [-0.2, -0.15) is 0 Å². The summed E-state index contributed by atoms with van der Waals surface area (Å²) in [6.45, 7) is 9.38. The molecule has 1 aromatic rings. The first kappa shape index (κ1) is 17.3. The van der Waals surface area contributed by atoms with Crippen LogP contribution in [0.5, 0.6) is 5.75 Å². The highest BCUT2D eigenvalue weighted by Gasteiger charge is 2.27. The minimum atomic E-state index is -0.507. The lowest BCUT2D eigenvalue weighted by molar-refractivity contribution is 0.0240. The van der Waals surface area contributed by atoms with Crippen molar-refractivity contribution in [3.8, 4) is 5.75 Å². The molecular weight excluding hydrogens is 301 g/mol. The van der Waals surface area contributed by atoms with Crippen molar-refractivity contribution in [2.45, 2.75) is 33.3 Å². The summed E-state index contributed by atoms with van der Waals surface area (Å²) in [5.41, 5.74) is -0.178. The van der Waals surface area contributed by atoms with E-state index in [0.717, 1.165) is 0 Å². The normalized spacial score (nSPS) is 15.6. The summed E-state index contributed by atoms with van der Waals surface area (Å²) in [5, 5.41) is 0. The van der Waals surface area contributed by atoms with Crippen LogP contribution in [0, 0.1) is 12.7 Å². The van der Waals surface area contributed by atoms with Gasteiger partial charge in [-0.1, -0.05) is 0 Å². The minimum Gasteiger partial charge on any atom is -0.493 e. The van der Waals surface area contributed by atoms with Gasteiger partial charge in [0.2, 0.25) is 0 Å². The molecule has 1 aromatic heterocycles. The molecule has 0 radical (unpaired) electrons. The van der Waals surface area contributed by atoms with Gasteiger partial charge in [0.25, 0.3) is 0 Å². The third-order valence-corrected chi connectivity index (χ3v) is 3.55. The van der Waals surface area contributed by atoms with E-state index >= 15 is 0 Å². The number of rotatable bonds is 2. The summed E-state index contributed by atoms with van der Waals surface area (Å²) >= 11 is 0. The van der Waals surface area contributed by atoms with Crippen molar-refractivity contribution in [1.82, 2.24) is 9.88 Å². The summed E-state index contributed by atoms with van der Waals surface area (Å²) < 4.78 is 24.2. The van der Waals surface area contributed by atoms with Gasteiger partial charge >= 0.3 is 6.09 Å². The number of methoxy groups -OCH3 is 1. The first-order chi connectivity index (χ1) is 10.7. The molecule has 0 atom stereocenters. The Labute approximate surface area is 136 Å². The van der Waals surface area contributed by atoms with E-state index in [0.29, 0.717) is 43.4 Å². The van der Waals surface area contributed by atoms with Gasteiger partial charge in [-0.05, 0) is 27.7 Å². The van der Waals surface area contributed by atoms with E-state index in [9.17, 15) is 9.18 Å². The number of anilines is 1. The highest BCUT2D eigenvalue weighted by Crippen LogP contribution is 2.28. The van der Waals surface area contributed by atoms with E-state index < -0.39 is 11.4 Å². The fourth-order valence-electron chi connectivity index (χ4n) is 2.36. The number of amides is 1. The number of aromatic nitrogens is 1. The van der Waals surface area contributed by atoms with Gasteiger partial charge in [0.15, 0.2) is 11.6 Å². The van der Waals surface area contributed by atoms with Gasteiger partial charge in [-0.25, -0.2) is 14.2 Å². The zero-order valence-electron chi connectivity index (χ0n) is 14.4. The van der Waals surface area contributed by atoms with Crippen LogP contribution in [0.25, 0.3) is 0 Å². The zero-order chi connectivity index (χ0) is 17.2. The molecule has 0 spiro atoms. The average Bonchev–Trinajstić information content (AvgIpc) is 2.48. The fraction of sp³-hybridized carbons (Fsp3) is 0.625. The Balaban J connectivity index is 2.05. The first-order valence-electron chi connectivity index (χ1n) is 7.65. The lowest BCUT2D eigenvalue weighted by Gasteiger charge is -2.36. The maximum absolute atomic E-state index is 13.6. The van der Waals surface area contributed by atoms with E-state index in [1.807, 2.05) is 25.7 Å². The molecule has 1 aliphatic heterocycles. The van der Waals surface area contributed by atoms with Crippen molar-refractivity contribution in [1.29, 1.82) is 0 Å². The zero-order valence-corrected chi connectivity index (χ0v) is 14.4. The summed E-state index contributed by atoms with van der Waals surface area (Å²) in [6, 6.07) is 1.35. The Morgan fingerprint density at radius 3 is 2.39 bits per heavy atom. The van der Waals surface area contributed by atoms with Gasteiger partial charge in [-0.15, -0.1) is 0 Å². The number of piperazine rings is 1. The molecule has 23 heavy (non-hydrogen) atoms. The SMILES string of the molecule is COc1cc(F)c(C)nc1N1CCN(C(=O)OC(C)(C)C)CC1. The summed E-state index contributed by atoms with van der Waals surface area (Å²) in [7, 11) is 1.49. The second kappa shape index (κ2) is 6.60. The van der Waals surface area contributed by atoms with E-state index in [4.69, 9.17) is 9.47 Å². The van der Waals surface area contributed by atoms with Crippen molar-refractivity contribution in [2.75, 3.05) is 38.2 Å². The van der Waals surface area contributed by atoms with E-state index in [1.54, 1.807) is 11.8 Å². The van der Waals surface area contributed by atoms with Gasteiger partial charge in [0, 0.05) is 32.2 Å². The highest BCUT2D eigenvalue weighted by atomic mass is 19.1. The maximum atomic E-state index is 13.6. The molecule has 1 saturated heterocycles. The third kappa shape index (κ3) is 4.24. The molecule has 0 aromatic carbocycles. The molecule has 1 fully saturated rings. The summed E-state index contributed by atoms with van der Waals surface area (Å²) in [4.78, 5) is 20.0. The molecule has 128 valence electrons. The number of hydrogen-bond donors (Lipinski definition) is 0. The second-order valence-electron chi connectivity index (χ2n) is 6.54. The molecular formula is C16H24FN3O3. The predicted molar refractivity (Wildman–Crippen MR) is 85.5 cm³/mol. The van der Waals surface area contributed by atoms with Crippen molar-refractivity contribution < 1.29 is 18.7 Å². The van der Waals surface area contributed by atoms with E-state index in [-0.39, 0.29) is 6.09 Å². The number of carbonyl (C=O) groups is 1. The number of pyridine rings is 1. The summed E-state index contributed by atoms with van der Waals surface area (Å²) in [6.07, 6.45) is -0.313. The van der Waals surface area contributed by atoms with Crippen LogP contribution in [0.15, 0.2) is 6.07 Å². The first-order valence-corrected chi connectivity index (χ1v) is 7.65. The van der Waals surface area contributed by atoms with Crippen LogP contribution in [-0.4, -0.2) is 54.9 Å². The molecule has 2 heterocycles. The molecule has 6 nitrogen and oxygen atoms in total. The Morgan fingerprint density at radius 1 is 1.26 bits per heavy atom. The standard InChI is InChI=1S/C16H24FN3O3/c1-11-12(17)10-13(22-5)14(18-11)19-6-8-20(9-7-19)15(21)23-16(2,3)4/h10H,6-9H2,1-5H3. The smallest absolute Gasteiger partial charge is 0.410 e. The van der Waals surface area contributed by atoms with Gasteiger partial charge in [0.05, 0.1) is 12.8 Å². The molecule has 0 N–H and O–H groups in total. The van der Waals surface area contributed by atoms with Crippen LogP contribution in [0.4, 0.5) is 15.0 Å². The van der Waals surface area contributed by atoms with Crippen LogP contribution >= 0.6 is 0 Å². The Hall–Kier alpha value is -2.05. The Kier molecular flexibility index (Phi) is 4.97. The number of halogens is 1. The van der Waals surface area contributed by atoms with Crippen LogP contribution in [0.3, 0.4) is 0 Å². The van der Waals surface area contributed by atoms with Crippen LogP contribution in [0.2, 0.25) is 0 Å². The molecule has 7 heteroatoms. The van der Waals surface area contributed by atoms with Gasteiger partial charge in [0.1, 0.15) is 11.4 Å². The van der Waals surface area contributed by atoms with E-state index in [1.165, 1.54) is 13.2 Å². The number of aryl methyl sites for hydroxylation is 1. The highest BCUT2D eigenvalue weighted by molar-refractivity contribution is 5.68. The van der Waals surface area contributed by atoms with Crippen molar-refractivity contribution in [3.63, 3.8) is 0 Å². The van der Waals surface area contributed by atoms with E-state index in [2.05, 4.69) is 4.98 Å². The average molecular weight is 325 g/mol. The molecule has 0 unspecified atom stereocenters. The van der Waals surface area contributed by atoms with Crippen LogP contribution in [-0.2, 0) is 4.74 Å². The minimum absolute atomic E-state index is 0.313. The van der Waals surface area contributed by atoms with Crippen molar-refractivity contribution in [2.24, 2.45) is 0 Å². The largest absolute Gasteiger partial charge is 0.493 e. The lowest BCUT2D eigenvalue weighted by atomic mass is 10.2. The molecule has 2 rings (SSSR count). The number of hydrogen-bond acceptors (Lipinski definition) is 5. The predicted octanol–water partition coefficient (Wildman–Crippen LogP) is 2.59. The van der Waals surface area contributed by atoms with Crippen LogP contribution in [0.1, 0.15) is 26.5 Å². The third-order valence-electron chi connectivity index (χ3n) is 3.55. The monoisotopic (exact) mass is 325 g/mol. The van der Waals surface area contributed by atoms with Gasteiger partial charge < -0.3 is 19.3 Å². The maximum Gasteiger partial charge on any atom is 0.410 e. The van der Waals surface area contributed by atoms with Crippen molar-refractivity contribution >= 4 is 11.9 Å². The van der Waals surface area contributed by atoms with Crippen LogP contribution < -0.4 is 9.64 Å². The second-order valence-corrected chi connectivity index (χ2v) is 6.54. The number of nitrogens with zero attached hydrogens (tertiary/aromatic N) is 3. The Bertz CT molecular complexity index is 579. The molecule has 1 amide bonds. The topological polar surface area (TPSA) is 54.9 Å². The molecule has 0 saturated carbocycles. The Morgan fingerprint density at radius 2 is 1.87 bits per heavy atom. The fourth-order valence-corrected chi connectivity index (χ4v) is 2.36. The van der Waals surface area contributed by atoms with Crippen molar-refractivity contribution in [3.05, 3.63) is 17.6 Å². The molecule has 1 aliphatic rings. The van der Waals surface area contributed by atoms with Gasteiger partial charge in [-0.3, -0.25) is 0 Å².